The van der Waals surface area contributed by atoms with Gasteiger partial charge in [0.15, 0.2) is 17.5 Å². The molecule has 0 aliphatic carbocycles. The quantitative estimate of drug-likeness (QED) is 0.824. The van der Waals surface area contributed by atoms with Gasteiger partial charge in [0.25, 0.3) is 5.91 Å². The monoisotopic (exact) mass is 384 g/mol. The number of rotatable bonds is 4. The molecule has 138 valence electrons. The van der Waals surface area contributed by atoms with Crippen molar-refractivity contribution >= 4 is 21.6 Å². The van der Waals surface area contributed by atoms with Crippen LogP contribution < -0.4 is 5.32 Å². The van der Waals surface area contributed by atoms with E-state index in [0.29, 0.717) is 19.2 Å². The van der Waals surface area contributed by atoms with Crippen molar-refractivity contribution in [3.8, 4) is 0 Å². The van der Waals surface area contributed by atoms with Gasteiger partial charge in [-0.05, 0) is 49.2 Å². The fourth-order valence-corrected chi connectivity index (χ4v) is 4.19. The summed E-state index contributed by atoms with van der Waals surface area (Å²) in [6.45, 7) is 0.917. The second kappa shape index (κ2) is 7.08. The number of anilines is 1. The molecule has 2 aromatic carbocycles. The Morgan fingerprint density at radius 3 is 2.15 bits per heavy atom. The van der Waals surface area contributed by atoms with E-state index in [4.69, 9.17) is 0 Å². The molecule has 9 heteroatoms. The summed E-state index contributed by atoms with van der Waals surface area (Å²) >= 11 is 0. The summed E-state index contributed by atoms with van der Waals surface area (Å²) in [5.74, 6) is -5.33. The first-order valence-electron chi connectivity index (χ1n) is 7.86. The van der Waals surface area contributed by atoms with Crippen LogP contribution in [-0.2, 0) is 10.0 Å². The molecule has 0 unspecified atom stereocenters. The molecule has 1 aliphatic heterocycles. The molecule has 0 radical (unpaired) electrons. The van der Waals surface area contributed by atoms with Crippen molar-refractivity contribution in [2.75, 3.05) is 18.4 Å². The molecule has 1 saturated heterocycles. The Balaban J connectivity index is 1.78. The highest BCUT2D eigenvalue weighted by Gasteiger charge is 2.27. The molecule has 3 rings (SSSR count). The molecule has 5 nitrogen and oxygen atoms in total. The van der Waals surface area contributed by atoms with Gasteiger partial charge in [-0.1, -0.05) is 0 Å². The topological polar surface area (TPSA) is 66.5 Å². The van der Waals surface area contributed by atoms with Crippen molar-refractivity contribution in [3.05, 3.63) is 59.4 Å². The van der Waals surface area contributed by atoms with Crippen LogP contribution in [0.5, 0.6) is 0 Å². The fourth-order valence-electron chi connectivity index (χ4n) is 2.67. The molecule has 0 bridgehead atoms. The van der Waals surface area contributed by atoms with Crippen molar-refractivity contribution in [1.82, 2.24) is 4.31 Å². The SMILES string of the molecule is O=C(Nc1ccc(F)c(F)c1F)c1ccc(S(=O)(=O)N2CCCC2)cc1. The van der Waals surface area contributed by atoms with Gasteiger partial charge in [-0.2, -0.15) is 4.31 Å². The van der Waals surface area contributed by atoms with Gasteiger partial charge in [0.1, 0.15) is 0 Å². The average Bonchev–Trinajstić information content (AvgIpc) is 3.18. The van der Waals surface area contributed by atoms with Crippen LogP contribution in [-0.4, -0.2) is 31.7 Å². The number of carbonyl (C=O) groups excluding carboxylic acids is 1. The maximum Gasteiger partial charge on any atom is 0.255 e. The number of carbonyl (C=O) groups is 1. The van der Waals surface area contributed by atoms with Crippen LogP contribution in [0.4, 0.5) is 18.9 Å². The first kappa shape index (κ1) is 18.4. The number of nitrogens with one attached hydrogen (secondary N) is 1. The number of nitrogens with zero attached hydrogens (tertiary/aromatic N) is 1. The van der Waals surface area contributed by atoms with Gasteiger partial charge in [-0.15, -0.1) is 0 Å². The Morgan fingerprint density at radius 2 is 1.54 bits per heavy atom. The lowest BCUT2D eigenvalue weighted by molar-refractivity contribution is 0.102. The lowest BCUT2D eigenvalue weighted by Crippen LogP contribution is -2.27. The molecule has 26 heavy (non-hydrogen) atoms. The van der Waals surface area contributed by atoms with E-state index in [1.165, 1.54) is 28.6 Å². The number of hydrogen-bond acceptors (Lipinski definition) is 3. The Labute approximate surface area is 148 Å². The molecule has 0 spiro atoms. The highest BCUT2D eigenvalue weighted by molar-refractivity contribution is 7.89. The van der Waals surface area contributed by atoms with Crippen LogP contribution in [0, 0.1) is 17.5 Å². The van der Waals surface area contributed by atoms with Crippen LogP contribution in [0.2, 0.25) is 0 Å². The number of halogens is 3. The van der Waals surface area contributed by atoms with Crippen LogP contribution in [0.3, 0.4) is 0 Å². The highest BCUT2D eigenvalue weighted by atomic mass is 32.2. The highest BCUT2D eigenvalue weighted by Crippen LogP contribution is 2.23. The maximum atomic E-state index is 13.6. The van der Waals surface area contributed by atoms with Crippen molar-refractivity contribution < 1.29 is 26.4 Å². The molecule has 0 aromatic heterocycles. The third-order valence-corrected chi connectivity index (χ3v) is 6.02. The molecule has 1 N–H and O–H groups in total. The lowest BCUT2D eigenvalue weighted by atomic mass is 10.2. The molecule has 2 aromatic rings. The van der Waals surface area contributed by atoms with E-state index in [2.05, 4.69) is 5.32 Å². The van der Waals surface area contributed by atoms with Crippen LogP contribution in [0.25, 0.3) is 0 Å². The summed E-state index contributed by atoms with van der Waals surface area (Å²) in [7, 11) is -3.61. The maximum absolute atomic E-state index is 13.6. The van der Waals surface area contributed by atoms with Gasteiger partial charge in [-0.3, -0.25) is 4.79 Å². The van der Waals surface area contributed by atoms with Gasteiger partial charge < -0.3 is 5.32 Å². The zero-order valence-corrected chi connectivity index (χ0v) is 14.3. The second-order valence-electron chi connectivity index (χ2n) is 5.81. The van der Waals surface area contributed by atoms with Crippen molar-refractivity contribution in [2.45, 2.75) is 17.7 Å². The molecule has 0 saturated carbocycles. The molecule has 1 heterocycles. The molecular weight excluding hydrogens is 369 g/mol. The standard InChI is InChI=1S/C17H15F3N2O3S/c18-13-7-8-14(16(20)15(13)19)21-17(23)11-3-5-12(6-4-11)26(24,25)22-9-1-2-10-22/h3-8H,1-2,9-10H2,(H,21,23). The fraction of sp³-hybridized carbons (Fsp3) is 0.235. The third-order valence-electron chi connectivity index (χ3n) is 4.10. The lowest BCUT2D eigenvalue weighted by Gasteiger charge is -2.15. The summed E-state index contributed by atoms with van der Waals surface area (Å²) in [5.41, 5.74) is -0.461. The van der Waals surface area contributed by atoms with Crippen LogP contribution >= 0.6 is 0 Å². The van der Waals surface area contributed by atoms with Gasteiger partial charge in [0.05, 0.1) is 10.6 Å². The van der Waals surface area contributed by atoms with E-state index in [0.717, 1.165) is 18.9 Å². The smallest absolute Gasteiger partial charge is 0.255 e. The third kappa shape index (κ3) is 3.45. The van der Waals surface area contributed by atoms with Gasteiger partial charge in [-0.25, -0.2) is 21.6 Å². The minimum absolute atomic E-state index is 0.0505. The first-order chi connectivity index (χ1) is 12.3. The predicted molar refractivity (Wildman–Crippen MR) is 88.7 cm³/mol. The number of hydrogen-bond donors (Lipinski definition) is 1. The predicted octanol–water partition coefficient (Wildman–Crippen LogP) is 3.14. The first-order valence-corrected chi connectivity index (χ1v) is 9.30. The van der Waals surface area contributed by atoms with E-state index in [1.54, 1.807) is 0 Å². The van der Waals surface area contributed by atoms with Crippen molar-refractivity contribution in [1.29, 1.82) is 0 Å². The molecule has 1 fully saturated rings. The summed E-state index contributed by atoms with van der Waals surface area (Å²) in [4.78, 5) is 12.2. The molecule has 1 amide bonds. The van der Waals surface area contributed by atoms with E-state index >= 15 is 0 Å². The van der Waals surface area contributed by atoms with E-state index in [-0.39, 0.29) is 10.5 Å². The van der Waals surface area contributed by atoms with Crippen LogP contribution in [0.15, 0.2) is 41.3 Å². The average molecular weight is 384 g/mol. The van der Waals surface area contributed by atoms with E-state index < -0.39 is 39.1 Å². The van der Waals surface area contributed by atoms with Gasteiger partial charge in [0.2, 0.25) is 10.0 Å². The minimum Gasteiger partial charge on any atom is -0.319 e. The molecule has 0 atom stereocenters. The summed E-state index contributed by atoms with van der Waals surface area (Å²) in [6.07, 6.45) is 1.61. The van der Waals surface area contributed by atoms with Crippen molar-refractivity contribution in [2.24, 2.45) is 0 Å². The normalized spacial score (nSPS) is 15.2. The number of benzene rings is 2. The van der Waals surface area contributed by atoms with E-state index in [1.807, 2.05) is 0 Å². The number of amides is 1. The zero-order valence-electron chi connectivity index (χ0n) is 13.5. The van der Waals surface area contributed by atoms with Crippen molar-refractivity contribution in [3.63, 3.8) is 0 Å². The summed E-state index contributed by atoms with van der Waals surface area (Å²) < 4.78 is 65.9. The van der Waals surface area contributed by atoms with Crippen LogP contribution in [0.1, 0.15) is 23.2 Å². The Bertz CT molecular complexity index is 940. The van der Waals surface area contributed by atoms with E-state index in [9.17, 15) is 26.4 Å². The minimum atomic E-state index is -3.61. The second-order valence-corrected chi connectivity index (χ2v) is 7.75. The Kier molecular flexibility index (Phi) is 5.01. The largest absolute Gasteiger partial charge is 0.319 e. The van der Waals surface area contributed by atoms with Gasteiger partial charge in [0, 0.05) is 18.7 Å². The molecular formula is C17H15F3N2O3S. The summed E-state index contributed by atoms with van der Waals surface area (Å²) in [5, 5.41) is 2.13. The Morgan fingerprint density at radius 1 is 0.923 bits per heavy atom. The summed E-state index contributed by atoms with van der Waals surface area (Å²) in [6, 6.07) is 6.71. The zero-order chi connectivity index (χ0) is 18.9. The number of sulfonamides is 1. The Hall–Kier alpha value is -2.39. The van der Waals surface area contributed by atoms with Gasteiger partial charge >= 0.3 is 0 Å². The molecule has 1 aliphatic rings.